The summed E-state index contributed by atoms with van der Waals surface area (Å²) in [5.74, 6) is 0.0890. The number of nitrogens with one attached hydrogen (secondary N) is 2. The third kappa shape index (κ3) is 4.82. The van der Waals surface area contributed by atoms with Crippen LogP contribution >= 0.6 is 15.9 Å². The number of benzene rings is 2. The molecule has 0 atom stereocenters. The van der Waals surface area contributed by atoms with Crippen molar-refractivity contribution >= 4 is 33.2 Å². The third-order valence-electron chi connectivity index (χ3n) is 4.41. The highest BCUT2D eigenvalue weighted by atomic mass is 79.9. The van der Waals surface area contributed by atoms with E-state index in [2.05, 4.69) is 56.5 Å². The molecule has 2 N–H and O–H groups in total. The van der Waals surface area contributed by atoms with E-state index in [0.29, 0.717) is 6.42 Å². The van der Waals surface area contributed by atoms with Gasteiger partial charge in [0.05, 0.1) is 39.1 Å². The Kier molecular flexibility index (Phi) is 5.88. The lowest BCUT2D eigenvalue weighted by molar-refractivity contribution is -0.900. The van der Waals surface area contributed by atoms with Gasteiger partial charge in [-0.25, -0.2) is 0 Å². The van der Waals surface area contributed by atoms with Crippen molar-refractivity contribution in [3.63, 3.8) is 0 Å². The van der Waals surface area contributed by atoms with Crippen molar-refractivity contribution in [2.45, 2.75) is 6.42 Å². The van der Waals surface area contributed by atoms with Gasteiger partial charge < -0.3 is 15.1 Å². The van der Waals surface area contributed by atoms with Gasteiger partial charge in [-0.15, -0.1) is 0 Å². The second-order valence-corrected chi connectivity index (χ2v) is 7.05. The fourth-order valence-electron chi connectivity index (χ4n) is 3.05. The molecule has 2 aromatic carbocycles. The monoisotopic (exact) mass is 388 g/mol. The number of quaternary nitrogens is 1. The lowest BCUT2D eigenvalue weighted by Crippen LogP contribution is -3.15. The van der Waals surface area contributed by atoms with Crippen molar-refractivity contribution in [1.82, 2.24) is 0 Å². The zero-order valence-corrected chi connectivity index (χ0v) is 15.3. The Labute approximate surface area is 151 Å². The Balaban J connectivity index is 1.41. The third-order valence-corrected chi connectivity index (χ3v) is 4.90. The highest BCUT2D eigenvalue weighted by Crippen LogP contribution is 2.15. The van der Waals surface area contributed by atoms with Gasteiger partial charge in [-0.1, -0.05) is 40.2 Å². The van der Waals surface area contributed by atoms with Gasteiger partial charge in [-0.3, -0.25) is 4.79 Å². The zero-order valence-electron chi connectivity index (χ0n) is 13.7. The summed E-state index contributed by atoms with van der Waals surface area (Å²) in [7, 11) is 0. The van der Waals surface area contributed by atoms with Crippen LogP contribution in [0.3, 0.4) is 0 Å². The number of amides is 1. The molecule has 0 unspecified atom stereocenters. The van der Waals surface area contributed by atoms with E-state index in [0.717, 1.165) is 42.9 Å². The standard InChI is InChI=1S/C19H22BrN3O/c20-16-5-4-6-17(15-16)21-19(24)9-10-22-11-13-23(14-12-22)18-7-2-1-3-8-18/h1-8,15H,9-14H2,(H,21,24)/p+1. The molecule has 3 rings (SSSR count). The summed E-state index contributed by atoms with van der Waals surface area (Å²) in [4.78, 5) is 16.0. The quantitative estimate of drug-likeness (QED) is 0.823. The lowest BCUT2D eigenvalue weighted by atomic mass is 10.2. The van der Waals surface area contributed by atoms with Crippen LogP contribution in [0.2, 0.25) is 0 Å². The van der Waals surface area contributed by atoms with Gasteiger partial charge in [0.2, 0.25) is 5.91 Å². The van der Waals surface area contributed by atoms with Gasteiger partial charge >= 0.3 is 0 Å². The minimum atomic E-state index is 0.0890. The molecule has 1 heterocycles. The van der Waals surface area contributed by atoms with Crippen LogP contribution in [0.4, 0.5) is 11.4 Å². The van der Waals surface area contributed by atoms with E-state index in [1.165, 1.54) is 10.6 Å². The smallest absolute Gasteiger partial charge is 0.230 e. The average Bonchev–Trinajstić information content (AvgIpc) is 2.61. The summed E-state index contributed by atoms with van der Waals surface area (Å²) in [6.45, 7) is 5.15. The highest BCUT2D eigenvalue weighted by Gasteiger charge is 2.20. The van der Waals surface area contributed by atoms with Crippen molar-refractivity contribution in [2.75, 3.05) is 42.9 Å². The Morgan fingerprint density at radius 3 is 2.54 bits per heavy atom. The van der Waals surface area contributed by atoms with E-state index in [1.54, 1.807) is 0 Å². The number of para-hydroxylation sites is 1. The van der Waals surface area contributed by atoms with Crippen LogP contribution in [-0.4, -0.2) is 38.6 Å². The van der Waals surface area contributed by atoms with Crippen molar-refractivity contribution in [1.29, 1.82) is 0 Å². The van der Waals surface area contributed by atoms with Gasteiger partial charge in [-0.05, 0) is 30.3 Å². The molecule has 24 heavy (non-hydrogen) atoms. The molecule has 0 aliphatic carbocycles. The van der Waals surface area contributed by atoms with Crippen LogP contribution in [0, 0.1) is 0 Å². The normalized spacial score (nSPS) is 15.3. The molecule has 0 saturated carbocycles. The van der Waals surface area contributed by atoms with Gasteiger partial charge in [0.25, 0.3) is 0 Å². The summed E-state index contributed by atoms with van der Waals surface area (Å²) in [5, 5.41) is 2.96. The van der Waals surface area contributed by atoms with Crippen LogP contribution in [0.1, 0.15) is 6.42 Å². The first kappa shape index (κ1) is 17.0. The minimum absolute atomic E-state index is 0.0890. The summed E-state index contributed by atoms with van der Waals surface area (Å²) < 4.78 is 0.975. The van der Waals surface area contributed by atoms with Gasteiger partial charge in [0.1, 0.15) is 0 Å². The van der Waals surface area contributed by atoms with Crippen molar-refractivity contribution < 1.29 is 9.69 Å². The van der Waals surface area contributed by atoms with E-state index in [4.69, 9.17) is 0 Å². The maximum absolute atomic E-state index is 12.1. The highest BCUT2D eigenvalue weighted by molar-refractivity contribution is 9.10. The molecule has 0 bridgehead atoms. The number of hydrogen-bond donors (Lipinski definition) is 2. The molecule has 1 fully saturated rings. The molecule has 0 radical (unpaired) electrons. The van der Waals surface area contributed by atoms with Gasteiger partial charge in [-0.2, -0.15) is 0 Å². The summed E-state index contributed by atoms with van der Waals surface area (Å²) in [5.41, 5.74) is 2.14. The second kappa shape index (κ2) is 8.31. The Bertz CT molecular complexity index is 669. The Morgan fingerprint density at radius 1 is 1.08 bits per heavy atom. The molecule has 1 amide bonds. The number of piperazine rings is 1. The molecule has 5 heteroatoms. The summed E-state index contributed by atoms with van der Waals surface area (Å²) >= 11 is 3.42. The number of nitrogens with zero attached hydrogens (tertiary/aromatic N) is 1. The first-order valence-corrected chi connectivity index (χ1v) is 9.19. The zero-order chi connectivity index (χ0) is 16.8. The fourth-order valence-corrected chi connectivity index (χ4v) is 3.45. The van der Waals surface area contributed by atoms with E-state index >= 15 is 0 Å². The SMILES string of the molecule is O=C(CC[NH+]1CCN(c2ccccc2)CC1)Nc1cccc(Br)c1. The average molecular weight is 389 g/mol. The predicted molar refractivity (Wildman–Crippen MR) is 102 cm³/mol. The van der Waals surface area contributed by atoms with Crippen molar-refractivity contribution in [3.05, 3.63) is 59.1 Å². The number of halogens is 1. The summed E-state index contributed by atoms with van der Waals surface area (Å²) in [6.07, 6.45) is 0.563. The molecule has 1 aliphatic rings. The first-order chi connectivity index (χ1) is 11.7. The topological polar surface area (TPSA) is 36.8 Å². The molecule has 0 spiro atoms. The molecule has 126 valence electrons. The number of hydrogen-bond acceptors (Lipinski definition) is 2. The number of rotatable bonds is 5. The predicted octanol–water partition coefficient (Wildman–Crippen LogP) is 2.18. The lowest BCUT2D eigenvalue weighted by Gasteiger charge is -2.33. The van der Waals surface area contributed by atoms with Crippen LogP contribution < -0.4 is 15.1 Å². The first-order valence-electron chi connectivity index (χ1n) is 8.40. The van der Waals surface area contributed by atoms with E-state index in [-0.39, 0.29) is 5.91 Å². The van der Waals surface area contributed by atoms with Gasteiger partial charge in [0.15, 0.2) is 0 Å². The second-order valence-electron chi connectivity index (χ2n) is 6.13. The number of carbonyl (C=O) groups excluding carboxylic acids is 1. The molecule has 4 nitrogen and oxygen atoms in total. The molecular weight excluding hydrogens is 366 g/mol. The fraction of sp³-hybridized carbons (Fsp3) is 0.316. The number of anilines is 2. The minimum Gasteiger partial charge on any atom is -0.360 e. The molecule has 1 aliphatic heterocycles. The molecule has 1 saturated heterocycles. The Morgan fingerprint density at radius 2 is 1.83 bits per heavy atom. The van der Waals surface area contributed by atoms with E-state index in [9.17, 15) is 4.79 Å². The Hall–Kier alpha value is -1.85. The van der Waals surface area contributed by atoms with Gasteiger partial charge in [0, 0.05) is 15.8 Å². The van der Waals surface area contributed by atoms with Crippen molar-refractivity contribution in [2.24, 2.45) is 0 Å². The van der Waals surface area contributed by atoms with Crippen LogP contribution in [0.25, 0.3) is 0 Å². The van der Waals surface area contributed by atoms with Crippen LogP contribution in [-0.2, 0) is 4.79 Å². The summed E-state index contributed by atoms with van der Waals surface area (Å²) in [6, 6.07) is 18.3. The van der Waals surface area contributed by atoms with Crippen LogP contribution in [0.5, 0.6) is 0 Å². The maximum atomic E-state index is 12.1. The molecule has 2 aromatic rings. The van der Waals surface area contributed by atoms with Crippen molar-refractivity contribution in [3.8, 4) is 0 Å². The van der Waals surface area contributed by atoms with E-state index < -0.39 is 0 Å². The van der Waals surface area contributed by atoms with Crippen LogP contribution in [0.15, 0.2) is 59.1 Å². The maximum Gasteiger partial charge on any atom is 0.230 e. The molecule has 0 aromatic heterocycles. The number of carbonyl (C=O) groups is 1. The van der Waals surface area contributed by atoms with E-state index in [1.807, 2.05) is 24.3 Å². The molecular formula is C19H23BrN3O+. The largest absolute Gasteiger partial charge is 0.360 e.